The predicted octanol–water partition coefficient (Wildman–Crippen LogP) is 3.11. The average Bonchev–Trinajstić information content (AvgIpc) is 3.20. The molecule has 0 aliphatic carbocycles. The molecule has 0 atom stereocenters. The second kappa shape index (κ2) is 7.05. The predicted molar refractivity (Wildman–Crippen MR) is 112 cm³/mol. The van der Waals surface area contributed by atoms with E-state index in [0.717, 1.165) is 65.2 Å². The topological polar surface area (TPSA) is 58.9 Å². The Morgan fingerprint density at radius 1 is 0.857 bits per heavy atom. The summed E-state index contributed by atoms with van der Waals surface area (Å²) < 4.78 is 1.82. The van der Waals surface area contributed by atoms with Gasteiger partial charge in [-0.3, -0.25) is 9.67 Å². The first-order chi connectivity index (χ1) is 13.8. The lowest BCUT2D eigenvalue weighted by Gasteiger charge is -2.28. The number of anilines is 1. The maximum Gasteiger partial charge on any atom is 0.129 e. The highest BCUT2D eigenvalue weighted by atomic mass is 15.2. The number of aromatic nitrogens is 4. The molecule has 5 rings (SSSR count). The number of fused-ring (bicyclic) bond motifs is 1. The minimum atomic E-state index is 0.985. The molecule has 4 aromatic rings. The molecule has 1 aromatic carbocycles. The third kappa shape index (κ3) is 3.12. The summed E-state index contributed by atoms with van der Waals surface area (Å²) >= 11 is 0. The van der Waals surface area contributed by atoms with Gasteiger partial charge in [0.2, 0.25) is 0 Å². The Kier molecular flexibility index (Phi) is 4.25. The van der Waals surface area contributed by atoms with Gasteiger partial charge in [-0.15, -0.1) is 0 Å². The van der Waals surface area contributed by atoms with Crippen LogP contribution in [0.4, 0.5) is 5.82 Å². The molecular weight excluding hydrogens is 348 g/mol. The summed E-state index contributed by atoms with van der Waals surface area (Å²) in [4.78, 5) is 11.8. The fourth-order valence-electron chi connectivity index (χ4n) is 3.73. The van der Waals surface area contributed by atoms with Crippen molar-refractivity contribution in [2.45, 2.75) is 0 Å². The normalized spacial score (nSPS) is 14.5. The van der Waals surface area contributed by atoms with Crippen LogP contribution in [0.2, 0.25) is 0 Å². The minimum absolute atomic E-state index is 0.985. The molecule has 6 nitrogen and oxygen atoms in total. The quantitative estimate of drug-likeness (QED) is 0.600. The molecule has 0 bridgehead atoms. The molecule has 0 saturated carbocycles. The van der Waals surface area contributed by atoms with Gasteiger partial charge in [0, 0.05) is 68.3 Å². The molecule has 1 N–H and O–H groups in total. The van der Waals surface area contributed by atoms with Crippen LogP contribution in [0, 0.1) is 0 Å². The van der Waals surface area contributed by atoms with Crippen LogP contribution in [0.5, 0.6) is 0 Å². The molecule has 1 aliphatic rings. The van der Waals surface area contributed by atoms with E-state index < -0.39 is 0 Å². The van der Waals surface area contributed by atoms with Gasteiger partial charge in [0.15, 0.2) is 0 Å². The van der Waals surface area contributed by atoms with Gasteiger partial charge < -0.3 is 10.2 Å². The molecule has 1 saturated heterocycles. The lowest BCUT2D eigenvalue weighted by Crippen LogP contribution is -2.43. The second-order valence-corrected chi connectivity index (χ2v) is 7.15. The lowest BCUT2D eigenvalue weighted by molar-refractivity contribution is 0.585. The third-order valence-electron chi connectivity index (χ3n) is 5.26. The molecule has 1 aliphatic heterocycles. The standard InChI is InChI=1S/C22H22N6/c1-27-15-19(13-25-27)16-2-4-17(5-3-16)20-14-24-12-18-6-7-21(26-22(18)20)28-10-8-23-9-11-28/h2-7,12-15,23H,8-11H2,1H3. The van der Waals surface area contributed by atoms with Crippen molar-refractivity contribution in [3.8, 4) is 22.3 Å². The zero-order chi connectivity index (χ0) is 18.9. The third-order valence-corrected chi connectivity index (χ3v) is 5.26. The zero-order valence-corrected chi connectivity index (χ0v) is 15.8. The Labute approximate surface area is 163 Å². The number of pyridine rings is 2. The Morgan fingerprint density at radius 3 is 2.39 bits per heavy atom. The first kappa shape index (κ1) is 16.9. The molecule has 0 unspecified atom stereocenters. The van der Waals surface area contributed by atoms with Gasteiger partial charge in [-0.2, -0.15) is 5.10 Å². The summed E-state index contributed by atoms with van der Waals surface area (Å²) in [6.45, 7) is 3.97. The number of nitrogens with zero attached hydrogens (tertiary/aromatic N) is 5. The molecule has 3 aromatic heterocycles. The van der Waals surface area contributed by atoms with E-state index >= 15 is 0 Å². The van der Waals surface area contributed by atoms with E-state index in [9.17, 15) is 0 Å². The van der Waals surface area contributed by atoms with Crippen molar-refractivity contribution in [3.63, 3.8) is 0 Å². The average molecular weight is 370 g/mol. The molecule has 0 radical (unpaired) electrons. The van der Waals surface area contributed by atoms with Gasteiger partial charge in [-0.1, -0.05) is 24.3 Å². The van der Waals surface area contributed by atoms with E-state index in [1.165, 1.54) is 0 Å². The first-order valence-corrected chi connectivity index (χ1v) is 9.58. The lowest BCUT2D eigenvalue weighted by atomic mass is 10.0. The molecule has 4 heterocycles. The maximum atomic E-state index is 5.00. The summed E-state index contributed by atoms with van der Waals surface area (Å²) in [5, 5.41) is 8.71. The van der Waals surface area contributed by atoms with E-state index in [2.05, 4.69) is 56.7 Å². The molecule has 0 amide bonds. The van der Waals surface area contributed by atoms with E-state index in [1.54, 1.807) is 0 Å². The van der Waals surface area contributed by atoms with Crippen molar-refractivity contribution in [2.24, 2.45) is 7.05 Å². The largest absolute Gasteiger partial charge is 0.354 e. The van der Waals surface area contributed by atoms with Crippen LogP contribution >= 0.6 is 0 Å². The summed E-state index contributed by atoms with van der Waals surface area (Å²) in [6, 6.07) is 12.8. The first-order valence-electron chi connectivity index (χ1n) is 9.58. The van der Waals surface area contributed by atoms with Crippen LogP contribution < -0.4 is 10.2 Å². The Bertz CT molecular complexity index is 1110. The van der Waals surface area contributed by atoms with Crippen molar-refractivity contribution in [1.29, 1.82) is 0 Å². The van der Waals surface area contributed by atoms with Crippen molar-refractivity contribution in [2.75, 3.05) is 31.1 Å². The molecule has 1 fully saturated rings. The van der Waals surface area contributed by atoms with Crippen molar-refractivity contribution in [1.82, 2.24) is 25.1 Å². The van der Waals surface area contributed by atoms with Gasteiger partial charge in [0.05, 0.1) is 11.7 Å². The molecule has 6 heteroatoms. The maximum absolute atomic E-state index is 5.00. The van der Waals surface area contributed by atoms with Crippen LogP contribution in [0.1, 0.15) is 0 Å². The van der Waals surface area contributed by atoms with Crippen LogP contribution in [0.3, 0.4) is 0 Å². The van der Waals surface area contributed by atoms with E-state index in [0.29, 0.717) is 0 Å². The Hall–Kier alpha value is -3.25. The molecular formula is C22H22N6. The molecule has 0 spiro atoms. The smallest absolute Gasteiger partial charge is 0.129 e. The number of benzene rings is 1. The number of piperazine rings is 1. The number of hydrogen-bond donors (Lipinski definition) is 1. The van der Waals surface area contributed by atoms with Crippen LogP contribution in [0.15, 0.2) is 61.2 Å². The number of nitrogens with one attached hydrogen (secondary N) is 1. The number of rotatable bonds is 3. The fourth-order valence-corrected chi connectivity index (χ4v) is 3.73. The Balaban J connectivity index is 1.54. The van der Waals surface area contributed by atoms with E-state index in [4.69, 9.17) is 4.98 Å². The highest BCUT2D eigenvalue weighted by molar-refractivity contribution is 5.93. The van der Waals surface area contributed by atoms with Gasteiger partial charge >= 0.3 is 0 Å². The monoisotopic (exact) mass is 370 g/mol. The van der Waals surface area contributed by atoms with Crippen LogP contribution in [0.25, 0.3) is 33.2 Å². The van der Waals surface area contributed by atoms with Crippen molar-refractivity contribution in [3.05, 3.63) is 61.2 Å². The molecule has 28 heavy (non-hydrogen) atoms. The second-order valence-electron chi connectivity index (χ2n) is 7.15. The SMILES string of the molecule is Cn1cc(-c2ccc(-c3cncc4ccc(N5CCNCC5)nc34)cc2)cn1. The van der Waals surface area contributed by atoms with Crippen molar-refractivity contribution >= 4 is 16.7 Å². The zero-order valence-electron chi connectivity index (χ0n) is 15.8. The van der Waals surface area contributed by atoms with E-state index in [1.807, 2.05) is 36.5 Å². The highest BCUT2D eigenvalue weighted by Gasteiger charge is 2.14. The summed E-state index contributed by atoms with van der Waals surface area (Å²) in [5.74, 6) is 1.04. The van der Waals surface area contributed by atoms with Gasteiger partial charge in [-0.05, 0) is 23.3 Å². The summed E-state index contributed by atoms with van der Waals surface area (Å²) in [5.41, 5.74) is 5.45. The van der Waals surface area contributed by atoms with Gasteiger partial charge in [-0.25, -0.2) is 4.98 Å². The van der Waals surface area contributed by atoms with Gasteiger partial charge in [0.25, 0.3) is 0 Å². The summed E-state index contributed by atoms with van der Waals surface area (Å²) in [6.07, 6.45) is 7.71. The van der Waals surface area contributed by atoms with Crippen molar-refractivity contribution < 1.29 is 0 Å². The minimum Gasteiger partial charge on any atom is -0.354 e. The Morgan fingerprint density at radius 2 is 1.64 bits per heavy atom. The summed E-state index contributed by atoms with van der Waals surface area (Å²) in [7, 11) is 1.93. The van der Waals surface area contributed by atoms with Crippen LogP contribution in [-0.4, -0.2) is 45.9 Å². The van der Waals surface area contributed by atoms with E-state index in [-0.39, 0.29) is 0 Å². The number of aryl methyl sites for hydroxylation is 1. The molecule has 140 valence electrons. The van der Waals surface area contributed by atoms with Gasteiger partial charge in [0.1, 0.15) is 5.82 Å². The highest BCUT2D eigenvalue weighted by Crippen LogP contribution is 2.30. The number of hydrogen-bond acceptors (Lipinski definition) is 5. The fraction of sp³-hybridized carbons (Fsp3) is 0.227. The van der Waals surface area contributed by atoms with Crippen LogP contribution in [-0.2, 0) is 7.05 Å².